The number of aliphatic hydroxyl groups excluding tert-OH is 1. The summed E-state index contributed by atoms with van der Waals surface area (Å²) >= 11 is 0. The van der Waals surface area contributed by atoms with Crippen molar-refractivity contribution >= 4 is 5.91 Å². The van der Waals surface area contributed by atoms with Crippen LogP contribution in [0.5, 0.6) is 0 Å². The number of carbonyl (C=O) groups is 1. The maximum absolute atomic E-state index is 12.8. The molecular formula is C15H20FNO3. The third-order valence-electron chi connectivity index (χ3n) is 3.65. The second-order valence-corrected chi connectivity index (χ2v) is 5.18. The molecule has 5 heteroatoms. The molecule has 2 rings (SSSR count). The van der Waals surface area contributed by atoms with E-state index in [9.17, 15) is 14.3 Å². The third kappa shape index (κ3) is 3.77. The van der Waals surface area contributed by atoms with E-state index in [-0.39, 0.29) is 17.6 Å². The Morgan fingerprint density at radius 1 is 1.35 bits per heavy atom. The molecule has 0 saturated carbocycles. The van der Waals surface area contributed by atoms with Gasteiger partial charge in [-0.15, -0.1) is 0 Å². The van der Waals surface area contributed by atoms with Crippen LogP contribution >= 0.6 is 0 Å². The van der Waals surface area contributed by atoms with E-state index >= 15 is 0 Å². The molecule has 2 N–H and O–H groups in total. The van der Waals surface area contributed by atoms with Crippen LogP contribution < -0.4 is 5.32 Å². The van der Waals surface area contributed by atoms with Crippen molar-refractivity contribution in [2.75, 3.05) is 13.2 Å². The number of nitrogens with one attached hydrogen (secondary N) is 1. The lowest BCUT2D eigenvalue weighted by Gasteiger charge is -2.26. The van der Waals surface area contributed by atoms with E-state index in [1.165, 1.54) is 24.3 Å². The van der Waals surface area contributed by atoms with Crippen molar-refractivity contribution in [2.45, 2.75) is 31.9 Å². The second-order valence-electron chi connectivity index (χ2n) is 5.18. The number of amides is 1. The van der Waals surface area contributed by atoms with Crippen molar-refractivity contribution in [1.82, 2.24) is 5.32 Å². The van der Waals surface area contributed by atoms with E-state index in [0.29, 0.717) is 31.6 Å². The molecule has 1 aromatic rings. The van der Waals surface area contributed by atoms with Crippen LogP contribution in [-0.2, 0) is 9.53 Å². The standard InChI is InChI=1S/C15H20FNO3/c1-10(14(18)11-2-4-13(16)5-3-11)17-15(19)12-6-8-20-9-7-12/h2-5,10,12,14,18H,6-9H2,1H3,(H,17,19). The number of benzene rings is 1. The van der Waals surface area contributed by atoms with Gasteiger partial charge in [0.1, 0.15) is 5.82 Å². The normalized spacial score (nSPS) is 19.4. The molecule has 0 spiro atoms. The zero-order chi connectivity index (χ0) is 14.5. The summed E-state index contributed by atoms with van der Waals surface area (Å²) < 4.78 is 18.1. The molecule has 1 aliphatic rings. The quantitative estimate of drug-likeness (QED) is 0.884. The van der Waals surface area contributed by atoms with Gasteiger partial charge in [-0.25, -0.2) is 4.39 Å². The lowest BCUT2D eigenvalue weighted by atomic mass is 9.97. The molecule has 1 amide bonds. The van der Waals surface area contributed by atoms with Gasteiger partial charge in [0.25, 0.3) is 0 Å². The molecule has 1 heterocycles. The van der Waals surface area contributed by atoms with Crippen LogP contribution in [0.1, 0.15) is 31.4 Å². The van der Waals surface area contributed by atoms with Gasteiger partial charge in [-0.05, 0) is 37.5 Å². The molecule has 1 aromatic carbocycles. The SMILES string of the molecule is CC(NC(=O)C1CCOCC1)C(O)c1ccc(F)cc1. The van der Waals surface area contributed by atoms with Crippen molar-refractivity contribution in [1.29, 1.82) is 0 Å². The Morgan fingerprint density at radius 2 is 1.95 bits per heavy atom. The highest BCUT2D eigenvalue weighted by Crippen LogP contribution is 2.19. The number of aliphatic hydroxyl groups is 1. The maximum atomic E-state index is 12.8. The van der Waals surface area contributed by atoms with Gasteiger partial charge >= 0.3 is 0 Å². The van der Waals surface area contributed by atoms with Crippen LogP contribution in [0.4, 0.5) is 4.39 Å². The fourth-order valence-corrected chi connectivity index (χ4v) is 2.33. The molecule has 110 valence electrons. The lowest BCUT2D eigenvalue weighted by molar-refractivity contribution is -0.129. The van der Waals surface area contributed by atoms with Crippen molar-refractivity contribution in [3.63, 3.8) is 0 Å². The zero-order valence-electron chi connectivity index (χ0n) is 11.5. The van der Waals surface area contributed by atoms with Crippen LogP contribution in [0.3, 0.4) is 0 Å². The summed E-state index contributed by atoms with van der Waals surface area (Å²) in [5.41, 5.74) is 0.589. The number of halogens is 1. The van der Waals surface area contributed by atoms with Crippen LogP contribution in [0.2, 0.25) is 0 Å². The van der Waals surface area contributed by atoms with E-state index in [1.807, 2.05) is 0 Å². The topological polar surface area (TPSA) is 58.6 Å². The molecule has 20 heavy (non-hydrogen) atoms. The smallest absolute Gasteiger partial charge is 0.223 e. The Labute approximate surface area is 117 Å². The summed E-state index contributed by atoms with van der Waals surface area (Å²) in [7, 11) is 0. The third-order valence-corrected chi connectivity index (χ3v) is 3.65. The van der Waals surface area contributed by atoms with Crippen LogP contribution in [0.25, 0.3) is 0 Å². The Kier molecular flexibility index (Phi) is 5.09. The predicted molar refractivity (Wildman–Crippen MR) is 72.5 cm³/mol. The van der Waals surface area contributed by atoms with Crippen molar-refractivity contribution in [3.8, 4) is 0 Å². The number of ether oxygens (including phenoxy) is 1. The van der Waals surface area contributed by atoms with E-state index in [4.69, 9.17) is 4.74 Å². The van der Waals surface area contributed by atoms with E-state index in [0.717, 1.165) is 0 Å². The zero-order valence-corrected chi connectivity index (χ0v) is 11.5. The minimum absolute atomic E-state index is 0.0494. The Hall–Kier alpha value is -1.46. The highest BCUT2D eigenvalue weighted by molar-refractivity contribution is 5.79. The van der Waals surface area contributed by atoms with Crippen LogP contribution in [-0.4, -0.2) is 30.3 Å². The summed E-state index contributed by atoms with van der Waals surface area (Å²) in [6, 6.07) is 5.22. The second kappa shape index (κ2) is 6.81. The van der Waals surface area contributed by atoms with E-state index < -0.39 is 12.1 Å². The van der Waals surface area contributed by atoms with Gasteiger partial charge in [0, 0.05) is 19.1 Å². The number of carbonyl (C=O) groups excluding carboxylic acids is 1. The van der Waals surface area contributed by atoms with Gasteiger partial charge in [0.2, 0.25) is 5.91 Å². The summed E-state index contributed by atoms with van der Waals surface area (Å²) in [6.07, 6.45) is 0.579. The molecule has 0 radical (unpaired) electrons. The first-order valence-corrected chi connectivity index (χ1v) is 6.89. The summed E-state index contributed by atoms with van der Waals surface area (Å²) in [5, 5.41) is 13.0. The molecule has 2 atom stereocenters. The van der Waals surface area contributed by atoms with Crippen molar-refractivity contribution in [3.05, 3.63) is 35.6 Å². The highest BCUT2D eigenvalue weighted by atomic mass is 19.1. The molecular weight excluding hydrogens is 261 g/mol. The first kappa shape index (κ1) is 14.9. The van der Waals surface area contributed by atoms with Gasteiger partial charge in [-0.3, -0.25) is 4.79 Å². The minimum Gasteiger partial charge on any atom is -0.386 e. The Morgan fingerprint density at radius 3 is 2.55 bits per heavy atom. The fraction of sp³-hybridized carbons (Fsp3) is 0.533. The van der Waals surface area contributed by atoms with E-state index in [1.54, 1.807) is 6.92 Å². The number of hydrogen-bond donors (Lipinski definition) is 2. The highest BCUT2D eigenvalue weighted by Gasteiger charge is 2.25. The van der Waals surface area contributed by atoms with Crippen LogP contribution in [0.15, 0.2) is 24.3 Å². The first-order chi connectivity index (χ1) is 9.58. The van der Waals surface area contributed by atoms with Crippen molar-refractivity contribution < 1.29 is 19.0 Å². The Balaban J connectivity index is 1.91. The van der Waals surface area contributed by atoms with Gasteiger partial charge in [0.15, 0.2) is 0 Å². The summed E-state index contributed by atoms with van der Waals surface area (Å²) in [6.45, 7) is 2.95. The van der Waals surface area contributed by atoms with Crippen LogP contribution in [0, 0.1) is 11.7 Å². The van der Waals surface area contributed by atoms with E-state index in [2.05, 4.69) is 5.32 Å². The summed E-state index contributed by atoms with van der Waals surface area (Å²) in [4.78, 5) is 12.1. The number of hydrogen-bond acceptors (Lipinski definition) is 3. The molecule has 2 unspecified atom stereocenters. The summed E-state index contributed by atoms with van der Waals surface area (Å²) in [5.74, 6) is -0.451. The molecule has 1 aliphatic heterocycles. The van der Waals surface area contributed by atoms with Gasteiger partial charge in [-0.1, -0.05) is 12.1 Å². The molecule has 0 aliphatic carbocycles. The van der Waals surface area contributed by atoms with Crippen molar-refractivity contribution in [2.24, 2.45) is 5.92 Å². The minimum atomic E-state index is -0.848. The molecule has 1 saturated heterocycles. The maximum Gasteiger partial charge on any atom is 0.223 e. The largest absolute Gasteiger partial charge is 0.386 e. The van der Waals surface area contributed by atoms with Gasteiger partial charge in [0.05, 0.1) is 12.1 Å². The predicted octanol–water partition coefficient (Wildman–Crippen LogP) is 1.79. The monoisotopic (exact) mass is 281 g/mol. The Bertz CT molecular complexity index is 443. The molecule has 0 bridgehead atoms. The lowest BCUT2D eigenvalue weighted by Crippen LogP contribution is -2.42. The fourth-order valence-electron chi connectivity index (χ4n) is 2.33. The number of rotatable bonds is 4. The molecule has 4 nitrogen and oxygen atoms in total. The molecule has 0 aromatic heterocycles. The average Bonchev–Trinajstić information content (AvgIpc) is 2.48. The first-order valence-electron chi connectivity index (χ1n) is 6.89. The van der Waals surface area contributed by atoms with Gasteiger partial charge in [-0.2, -0.15) is 0 Å². The molecule has 1 fully saturated rings. The average molecular weight is 281 g/mol. The van der Waals surface area contributed by atoms with Gasteiger partial charge < -0.3 is 15.2 Å².